The van der Waals surface area contributed by atoms with Gasteiger partial charge in [0, 0.05) is 16.3 Å². The van der Waals surface area contributed by atoms with Crippen LogP contribution in [0.5, 0.6) is 0 Å². The third kappa shape index (κ3) is 2.69. The Balaban J connectivity index is 1.47. The van der Waals surface area contributed by atoms with Crippen molar-refractivity contribution in [1.82, 2.24) is 4.98 Å². The summed E-state index contributed by atoms with van der Waals surface area (Å²) in [4.78, 5) is 28.7. The highest BCUT2D eigenvalue weighted by atomic mass is 32.1. The smallest absolute Gasteiger partial charge is 0.345 e. The lowest BCUT2D eigenvalue weighted by Gasteiger charge is -2.11. The Bertz CT molecular complexity index is 1240. The van der Waals surface area contributed by atoms with Gasteiger partial charge in [0.05, 0.1) is 16.8 Å². The van der Waals surface area contributed by atoms with Crippen molar-refractivity contribution in [1.29, 1.82) is 0 Å². The van der Waals surface area contributed by atoms with Gasteiger partial charge in [-0.2, -0.15) is 0 Å². The highest BCUT2D eigenvalue weighted by molar-refractivity contribution is 7.14. The molecule has 27 heavy (non-hydrogen) atoms. The van der Waals surface area contributed by atoms with Crippen molar-refractivity contribution < 1.29 is 13.9 Å². The molecule has 7 heteroatoms. The third-order valence-corrected chi connectivity index (χ3v) is 5.14. The van der Waals surface area contributed by atoms with Gasteiger partial charge < -0.3 is 14.5 Å². The van der Waals surface area contributed by atoms with Crippen molar-refractivity contribution in [2.24, 2.45) is 0 Å². The number of nitrogens with one attached hydrogen (secondary N) is 1. The van der Waals surface area contributed by atoms with E-state index in [1.54, 1.807) is 29.6 Å². The number of rotatable bonds is 3. The van der Waals surface area contributed by atoms with Gasteiger partial charge >= 0.3 is 11.6 Å². The molecule has 0 bridgehead atoms. The first-order valence-electron chi connectivity index (χ1n) is 8.24. The number of hydrogen-bond donors (Lipinski definition) is 1. The highest BCUT2D eigenvalue weighted by Crippen LogP contribution is 2.33. The van der Waals surface area contributed by atoms with Crippen molar-refractivity contribution in [2.45, 2.75) is 6.23 Å². The van der Waals surface area contributed by atoms with Gasteiger partial charge in [0.15, 0.2) is 5.13 Å². The van der Waals surface area contributed by atoms with Gasteiger partial charge in [-0.05, 0) is 18.2 Å². The number of ether oxygens (including phenoxy) is 1. The van der Waals surface area contributed by atoms with Crippen molar-refractivity contribution in [3.05, 3.63) is 81.5 Å². The van der Waals surface area contributed by atoms with Crippen LogP contribution in [-0.2, 0) is 4.74 Å². The number of esters is 1. The second-order valence-electron chi connectivity index (χ2n) is 6.04. The Morgan fingerprint density at radius 1 is 1.00 bits per heavy atom. The summed E-state index contributed by atoms with van der Waals surface area (Å²) in [6.07, 6.45) is -0.597. The zero-order valence-electron chi connectivity index (χ0n) is 13.8. The van der Waals surface area contributed by atoms with E-state index in [9.17, 15) is 9.59 Å². The number of anilines is 1. The Morgan fingerprint density at radius 2 is 1.81 bits per heavy atom. The lowest BCUT2D eigenvalue weighted by molar-refractivity contribution is 0.0437. The third-order valence-electron chi connectivity index (χ3n) is 4.36. The molecule has 1 aliphatic heterocycles. The van der Waals surface area contributed by atoms with E-state index in [1.807, 2.05) is 30.3 Å². The van der Waals surface area contributed by atoms with Crippen LogP contribution >= 0.6 is 11.3 Å². The summed E-state index contributed by atoms with van der Waals surface area (Å²) in [5.74, 6) is -0.366. The molecule has 0 saturated heterocycles. The summed E-state index contributed by atoms with van der Waals surface area (Å²) >= 11 is 1.33. The van der Waals surface area contributed by atoms with E-state index in [0.717, 1.165) is 10.9 Å². The molecule has 2 aromatic carbocycles. The first-order chi connectivity index (χ1) is 13.2. The maximum Gasteiger partial charge on any atom is 0.345 e. The minimum atomic E-state index is -0.597. The van der Waals surface area contributed by atoms with Crippen molar-refractivity contribution in [3.8, 4) is 11.3 Å². The quantitative estimate of drug-likeness (QED) is 0.426. The Hall–Kier alpha value is -3.45. The van der Waals surface area contributed by atoms with E-state index in [-0.39, 0.29) is 5.97 Å². The molecule has 3 heterocycles. The molecule has 0 aliphatic carbocycles. The van der Waals surface area contributed by atoms with Crippen LogP contribution in [0.3, 0.4) is 0 Å². The fourth-order valence-electron chi connectivity index (χ4n) is 3.07. The van der Waals surface area contributed by atoms with Gasteiger partial charge in [-0.15, -0.1) is 11.3 Å². The minimum Gasteiger partial charge on any atom is -0.434 e. The summed E-state index contributed by atoms with van der Waals surface area (Å²) in [7, 11) is 0. The van der Waals surface area contributed by atoms with Gasteiger partial charge in [-0.3, -0.25) is 0 Å². The molecular weight excluding hydrogens is 364 g/mol. The summed E-state index contributed by atoms with van der Waals surface area (Å²) in [6.45, 7) is 0. The van der Waals surface area contributed by atoms with Crippen LogP contribution in [0.2, 0.25) is 0 Å². The zero-order chi connectivity index (χ0) is 18.4. The number of para-hydroxylation sites is 1. The van der Waals surface area contributed by atoms with Crippen LogP contribution < -0.4 is 10.9 Å². The maximum atomic E-state index is 12.3. The first kappa shape index (κ1) is 15.8. The summed E-state index contributed by atoms with van der Waals surface area (Å²) < 4.78 is 10.7. The molecule has 1 aliphatic rings. The molecule has 0 fully saturated rings. The van der Waals surface area contributed by atoms with Crippen LogP contribution in [0.4, 0.5) is 5.13 Å². The second-order valence-corrected chi connectivity index (χ2v) is 6.90. The second kappa shape index (κ2) is 6.07. The van der Waals surface area contributed by atoms with E-state index < -0.39 is 11.9 Å². The van der Waals surface area contributed by atoms with Crippen LogP contribution in [0.15, 0.2) is 69.2 Å². The van der Waals surface area contributed by atoms with E-state index in [0.29, 0.717) is 27.5 Å². The molecule has 1 N–H and O–H groups in total. The van der Waals surface area contributed by atoms with Crippen LogP contribution in [0, 0.1) is 0 Å². The molecule has 1 atom stereocenters. The highest BCUT2D eigenvalue weighted by Gasteiger charge is 2.31. The number of aromatic nitrogens is 1. The zero-order valence-corrected chi connectivity index (χ0v) is 14.7. The summed E-state index contributed by atoms with van der Waals surface area (Å²) in [5.41, 5.74) is 2.31. The SMILES string of the molecule is O=C1O[C@H](Nc2nc(-c3cc4ccccc4oc3=O)cs2)c2ccccc21. The molecule has 5 rings (SSSR count). The number of hydrogen-bond acceptors (Lipinski definition) is 7. The fraction of sp³-hybridized carbons (Fsp3) is 0.0500. The average Bonchev–Trinajstić information content (AvgIpc) is 3.27. The van der Waals surface area contributed by atoms with Gasteiger partial charge in [0.25, 0.3) is 0 Å². The van der Waals surface area contributed by atoms with E-state index >= 15 is 0 Å². The monoisotopic (exact) mass is 376 g/mol. The Labute approximate surface area is 157 Å². The molecule has 0 saturated carbocycles. The van der Waals surface area contributed by atoms with Crippen LogP contribution in [-0.4, -0.2) is 11.0 Å². The number of benzene rings is 2. The van der Waals surface area contributed by atoms with Gasteiger partial charge in [0.2, 0.25) is 6.23 Å². The molecule has 0 unspecified atom stereocenters. The molecule has 2 aromatic heterocycles. The van der Waals surface area contributed by atoms with Crippen LogP contribution in [0.25, 0.3) is 22.2 Å². The van der Waals surface area contributed by atoms with Gasteiger partial charge in [-0.1, -0.05) is 36.4 Å². The largest absolute Gasteiger partial charge is 0.434 e. The van der Waals surface area contributed by atoms with E-state index in [4.69, 9.17) is 9.15 Å². The lowest BCUT2D eigenvalue weighted by atomic mass is 10.1. The van der Waals surface area contributed by atoms with E-state index in [2.05, 4.69) is 10.3 Å². The molecule has 6 nitrogen and oxygen atoms in total. The number of carbonyl (C=O) groups excluding carboxylic acids is 1. The minimum absolute atomic E-state index is 0.366. The van der Waals surface area contributed by atoms with E-state index in [1.165, 1.54) is 11.3 Å². The van der Waals surface area contributed by atoms with Crippen LogP contribution in [0.1, 0.15) is 22.1 Å². The normalized spacial score (nSPS) is 15.6. The number of nitrogens with zero attached hydrogens (tertiary/aromatic N) is 1. The number of cyclic esters (lactones) is 1. The first-order valence-corrected chi connectivity index (χ1v) is 9.12. The predicted molar refractivity (Wildman–Crippen MR) is 102 cm³/mol. The fourth-order valence-corrected chi connectivity index (χ4v) is 3.80. The molecule has 132 valence electrons. The standard InChI is InChI=1S/C20H12N2O4S/c23-18-13-7-3-2-6-12(13)17(26-18)22-20-21-15(10-27-20)14-9-11-5-1-4-8-16(11)25-19(14)24/h1-10,17H,(H,21,22)/t17-/m0/s1. The molecule has 0 amide bonds. The maximum absolute atomic E-state index is 12.3. The number of carbonyl (C=O) groups is 1. The topological polar surface area (TPSA) is 81.4 Å². The van der Waals surface area contributed by atoms with Gasteiger partial charge in [0.1, 0.15) is 5.58 Å². The Kier molecular flexibility index (Phi) is 3.54. The molecule has 4 aromatic rings. The molecular formula is C20H12N2O4S. The predicted octanol–water partition coefficient (Wildman–Crippen LogP) is 4.20. The number of thiazole rings is 1. The van der Waals surface area contributed by atoms with Crippen molar-refractivity contribution in [2.75, 3.05) is 5.32 Å². The average molecular weight is 376 g/mol. The lowest BCUT2D eigenvalue weighted by Crippen LogP contribution is -2.10. The number of fused-ring (bicyclic) bond motifs is 2. The summed E-state index contributed by atoms with van der Waals surface area (Å²) in [6, 6.07) is 16.3. The Morgan fingerprint density at radius 3 is 2.74 bits per heavy atom. The van der Waals surface area contributed by atoms with Crippen molar-refractivity contribution >= 4 is 33.4 Å². The summed E-state index contributed by atoms with van der Waals surface area (Å²) in [5, 5.41) is 6.25. The molecule has 0 spiro atoms. The van der Waals surface area contributed by atoms with Crippen molar-refractivity contribution in [3.63, 3.8) is 0 Å². The van der Waals surface area contributed by atoms with Gasteiger partial charge in [-0.25, -0.2) is 14.6 Å². The molecule has 0 radical (unpaired) electrons.